The third-order valence-corrected chi connectivity index (χ3v) is 5.10. The molecule has 3 rings (SSSR count). The lowest BCUT2D eigenvalue weighted by atomic mass is 10.0. The molecule has 2 heterocycles. The zero-order valence-electron chi connectivity index (χ0n) is 17.4. The average Bonchev–Trinajstić information content (AvgIpc) is 2.68. The molecule has 2 aliphatic rings. The van der Waals surface area contributed by atoms with Gasteiger partial charge in [-0.3, -0.25) is 4.90 Å². The Labute approximate surface area is 172 Å². The molecule has 0 atom stereocenters. The summed E-state index contributed by atoms with van der Waals surface area (Å²) in [6, 6.07) is 9.13. The molecule has 0 unspecified atom stereocenters. The van der Waals surface area contributed by atoms with Crippen LogP contribution in [0.5, 0.6) is 0 Å². The Kier molecular flexibility index (Phi) is 5.83. The van der Waals surface area contributed by atoms with Crippen molar-refractivity contribution in [3.63, 3.8) is 0 Å². The molecule has 0 aliphatic carbocycles. The van der Waals surface area contributed by atoms with Gasteiger partial charge in [0.25, 0.3) is 0 Å². The number of carbonyl (C=O) groups is 2. The van der Waals surface area contributed by atoms with Gasteiger partial charge in [0.2, 0.25) is 0 Å². The first-order chi connectivity index (χ1) is 13.7. The minimum atomic E-state index is -0.521. The van der Waals surface area contributed by atoms with Crippen molar-refractivity contribution in [2.45, 2.75) is 45.3 Å². The predicted molar refractivity (Wildman–Crippen MR) is 111 cm³/mol. The van der Waals surface area contributed by atoms with Crippen LogP contribution in [0.3, 0.4) is 0 Å². The van der Waals surface area contributed by atoms with Crippen molar-refractivity contribution in [2.24, 2.45) is 0 Å². The molecule has 0 spiro atoms. The Bertz CT molecular complexity index is 844. The van der Waals surface area contributed by atoms with E-state index in [9.17, 15) is 9.59 Å². The molecule has 7 heteroatoms. The fraction of sp³-hybridized carbons (Fsp3) is 0.500. The number of hydrogen-bond donors (Lipinski definition) is 0. The third-order valence-electron chi connectivity index (χ3n) is 5.10. The van der Waals surface area contributed by atoms with Crippen LogP contribution in [0.1, 0.15) is 39.2 Å². The van der Waals surface area contributed by atoms with Gasteiger partial charge in [0, 0.05) is 31.4 Å². The van der Waals surface area contributed by atoms with E-state index in [0.717, 1.165) is 5.57 Å². The highest BCUT2D eigenvalue weighted by molar-refractivity contribution is 5.94. The van der Waals surface area contributed by atoms with E-state index in [1.165, 1.54) is 0 Å². The summed E-state index contributed by atoms with van der Waals surface area (Å²) in [7, 11) is 0. The van der Waals surface area contributed by atoms with E-state index in [2.05, 4.69) is 12.6 Å². The summed E-state index contributed by atoms with van der Waals surface area (Å²) in [5.41, 5.74) is 1.64. The van der Waals surface area contributed by atoms with Gasteiger partial charge in [0.15, 0.2) is 0 Å². The number of benzene rings is 1. The molecule has 154 valence electrons. The maximum absolute atomic E-state index is 13.2. The molecule has 3 amide bonds. The second kappa shape index (κ2) is 8.16. The summed E-state index contributed by atoms with van der Waals surface area (Å²) in [4.78, 5) is 30.7. The van der Waals surface area contributed by atoms with Crippen molar-refractivity contribution in [3.05, 3.63) is 42.0 Å². The quantitative estimate of drug-likeness (QED) is 0.713. The number of ether oxygens (including phenoxy) is 1. The second-order valence-corrected chi connectivity index (χ2v) is 8.61. The number of urea groups is 1. The Hall–Kier alpha value is -3.01. The lowest BCUT2D eigenvalue weighted by molar-refractivity contribution is 0.0166. The topological polar surface area (TPSA) is 76.9 Å². The molecule has 29 heavy (non-hydrogen) atoms. The first-order valence-corrected chi connectivity index (χ1v) is 9.91. The average molecular weight is 396 g/mol. The summed E-state index contributed by atoms with van der Waals surface area (Å²) in [6.45, 7) is 11.7. The minimum absolute atomic E-state index is 0.0416. The number of rotatable bonds is 2. The zero-order valence-corrected chi connectivity index (χ0v) is 17.4. The third kappa shape index (κ3) is 4.89. The minimum Gasteiger partial charge on any atom is -0.444 e. The molecule has 1 aromatic rings. The zero-order chi connectivity index (χ0) is 21.2. The summed E-state index contributed by atoms with van der Waals surface area (Å²) in [5.74, 6) is 0. The van der Waals surface area contributed by atoms with E-state index in [4.69, 9.17) is 10.00 Å². The lowest BCUT2D eigenvalue weighted by Gasteiger charge is -2.44. The first-order valence-electron chi connectivity index (χ1n) is 9.91. The van der Waals surface area contributed by atoms with Gasteiger partial charge >= 0.3 is 12.1 Å². The highest BCUT2D eigenvalue weighted by Crippen LogP contribution is 2.27. The Morgan fingerprint density at radius 1 is 1.24 bits per heavy atom. The smallest absolute Gasteiger partial charge is 0.410 e. The van der Waals surface area contributed by atoms with Gasteiger partial charge in [0.1, 0.15) is 5.60 Å². The van der Waals surface area contributed by atoms with Gasteiger partial charge < -0.3 is 14.5 Å². The molecule has 1 aromatic carbocycles. The molecule has 0 aromatic heterocycles. The molecule has 0 N–H and O–H groups in total. The normalized spacial score (nSPS) is 18.6. The van der Waals surface area contributed by atoms with Crippen LogP contribution in [0.4, 0.5) is 15.3 Å². The predicted octanol–water partition coefficient (Wildman–Crippen LogP) is 3.76. The van der Waals surface area contributed by atoms with Gasteiger partial charge in [0.05, 0.1) is 18.2 Å². The first kappa shape index (κ1) is 20.7. The monoisotopic (exact) mass is 396 g/mol. The molecular formula is C22H28N4O3. The summed E-state index contributed by atoms with van der Waals surface area (Å²) < 4.78 is 5.45. The van der Waals surface area contributed by atoms with Crippen LogP contribution in [0, 0.1) is 11.3 Å². The van der Waals surface area contributed by atoms with E-state index < -0.39 is 5.60 Å². The number of hydrogen-bond acceptors (Lipinski definition) is 4. The highest BCUT2D eigenvalue weighted by Gasteiger charge is 2.36. The Balaban J connectivity index is 1.68. The molecule has 2 aliphatic heterocycles. The van der Waals surface area contributed by atoms with E-state index in [1.807, 2.05) is 31.7 Å². The van der Waals surface area contributed by atoms with E-state index in [0.29, 0.717) is 50.3 Å². The molecule has 0 bridgehead atoms. The van der Waals surface area contributed by atoms with Gasteiger partial charge in [-0.1, -0.05) is 12.6 Å². The molecule has 0 saturated carbocycles. The number of anilines is 1. The number of piperidine rings is 1. The number of likely N-dealkylation sites (tertiary alicyclic amines) is 1. The van der Waals surface area contributed by atoms with E-state index >= 15 is 0 Å². The van der Waals surface area contributed by atoms with Crippen LogP contribution in [-0.2, 0) is 4.74 Å². The Morgan fingerprint density at radius 2 is 1.93 bits per heavy atom. The van der Waals surface area contributed by atoms with Gasteiger partial charge in [-0.2, -0.15) is 5.26 Å². The highest BCUT2D eigenvalue weighted by atomic mass is 16.6. The van der Waals surface area contributed by atoms with Crippen molar-refractivity contribution < 1.29 is 14.3 Å². The van der Waals surface area contributed by atoms with Crippen LogP contribution < -0.4 is 4.90 Å². The summed E-state index contributed by atoms with van der Waals surface area (Å²) >= 11 is 0. The maximum Gasteiger partial charge on any atom is 0.410 e. The van der Waals surface area contributed by atoms with Gasteiger partial charge in [-0.05, 0) is 57.4 Å². The number of nitriles is 1. The fourth-order valence-corrected chi connectivity index (χ4v) is 3.72. The number of nitrogens with zero attached hydrogens (tertiary/aromatic N) is 4. The van der Waals surface area contributed by atoms with Crippen LogP contribution in [0.25, 0.3) is 0 Å². The molecule has 0 radical (unpaired) electrons. The second-order valence-electron chi connectivity index (χ2n) is 8.61. The SMILES string of the molecule is C=C1CN(c2cccc(C#N)c2)C(=O)N(C2CCN(C(=O)OC(C)(C)C)CC2)C1. The van der Waals surface area contributed by atoms with Gasteiger partial charge in [-0.15, -0.1) is 0 Å². The van der Waals surface area contributed by atoms with E-state index in [1.54, 1.807) is 28.0 Å². The standard InChI is InChI=1S/C22H28N4O3/c1-16-14-25(18-8-10-24(11-9-18)21(28)29-22(2,3)4)20(27)26(15-16)19-7-5-6-17(12-19)13-23/h5-7,12,18H,1,8-11,14-15H2,2-4H3. The van der Waals surface area contributed by atoms with Gasteiger partial charge in [-0.25, -0.2) is 9.59 Å². The maximum atomic E-state index is 13.2. The van der Waals surface area contributed by atoms with E-state index in [-0.39, 0.29) is 18.2 Å². The van der Waals surface area contributed by atoms with Crippen molar-refractivity contribution in [1.29, 1.82) is 5.26 Å². The number of amides is 3. The lowest BCUT2D eigenvalue weighted by Crippen LogP contribution is -2.57. The van der Waals surface area contributed by atoms with Crippen molar-refractivity contribution >= 4 is 17.8 Å². The Morgan fingerprint density at radius 3 is 2.55 bits per heavy atom. The van der Waals surface area contributed by atoms with Crippen molar-refractivity contribution in [2.75, 3.05) is 31.1 Å². The van der Waals surface area contributed by atoms with Crippen LogP contribution in [-0.4, -0.2) is 59.7 Å². The van der Waals surface area contributed by atoms with Crippen LogP contribution in [0.2, 0.25) is 0 Å². The molecule has 7 nitrogen and oxygen atoms in total. The largest absolute Gasteiger partial charge is 0.444 e. The van der Waals surface area contributed by atoms with Crippen LogP contribution >= 0.6 is 0 Å². The van der Waals surface area contributed by atoms with Crippen LogP contribution in [0.15, 0.2) is 36.4 Å². The van der Waals surface area contributed by atoms with Crippen molar-refractivity contribution in [3.8, 4) is 6.07 Å². The molecule has 2 saturated heterocycles. The fourth-order valence-electron chi connectivity index (χ4n) is 3.72. The molecule has 2 fully saturated rings. The summed E-state index contributed by atoms with van der Waals surface area (Å²) in [5, 5.41) is 9.15. The summed E-state index contributed by atoms with van der Waals surface area (Å²) in [6.07, 6.45) is 1.09. The number of carbonyl (C=O) groups excluding carboxylic acids is 2. The molecular weight excluding hydrogens is 368 g/mol. The van der Waals surface area contributed by atoms with Crippen molar-refractivity contribution in [1.82, 2.24) is 9.80 Å².